The average Bonchev–Trinajstić information content (AvgIpc) is 2.82. The fourth-order valence-corrected chi connectivity index (χ4v) is 2.08. The molecule has 0 aliphatic heterocycles. The van der Waals surface area contributed by atoms with Crippen LogP contribution in [0.2, 0.25) is 0 Å². The third-order valence-electron chi connectivity index (χ3n) is 3.08. The summed E-state index contributed by atoms with van der Waals surface area (Å²) in [4.78, 5) is 12.0. The minimum Gasteiger partial charge on any atom is -0.359 e. The number of carbonyl (C=O) groups is 1. The molecule has 2 aromatic rings. The highest BCUT2D eigenvalue weighted by Crippen LogP contribution is 2.29. The Morgan fingerprint density at radius 3 is 2.62 bits per heavy atom. The molecule has 0 aliphatic carbocycles. The first-order valence-electron chi connectivity index (χ1n) is 6.93. The minimum absolute atomic E-state index is 0.0358. The molecule has 0 unspecified atom stereocenters. The van der Waals surface area contributed by atoms with Crippen LogP contribution in [0.25, 0.3) is 0 Å². The predicted molar refractivity (Wildman–Crippen MR) is 82.2 cm³/mol. The lowest BCUT2D eigenvalue weighted by Gasteiger charge is -2.23. The van der Waals surface area contributed by atoms with E-state index in [0.717, 1.165) is 16.9 Å². The van der Waals surface area contributed by atoms with Gasteiger partial charge in [0.15, 0.2) is 5.76 Å². The first kappa shape index (κ1) is 15.1. The molecule has 0 saturated heterocycles. The lowest BCUT2D eigenvalue weighted by atomic mass is 9.86. The normalized spacial score (nSPS) is 11.2. The SMILES string of the molecule is Cc1cc(CNC(=O)Nc2ccccc2C(C)(C)C)on1. The van der Waals surface area contributed by atoms with Crippen LogP contribution < -0.4 is 10.6 Å². The van der Waals surface area contributed by atoms with Crippen molar-refractivity contribution in [3.8, 4) is 0 Å². The largest absolute Gasteiger partial charge is 0.359 e. The number of rotatable bonds is 3. The van der Waals surface area contributed by atoms with Gasteiger partial charge in [0.25, 0.3) is 0 Å². The second kappa shape index (κ2) is 5.99. The number of urea groups is 1. The fraction of sp³-hybridized carbons (Fsp3) is 0.375. The van der Waals surface area contributed by atoms with Gasteiger partial charge in [-0.3, -0.25) is 0 Å². The number of benzene rings is 1. The molecule has 2 amide bonds. The average molecular weight is 287 g/mol. The summed E-state index contributed by atoms with van der Waals surface area (Å²) in [6.07, 6.45) is 0. The van der Waals surface area contributed by atoms with Gasteiger partial charge in [-0.1, -0.05) is 44.1 Å². The minimum atomic E-state index is -0.263. The smallest absolute Gasteiger partial charge is 0.319 e. The van der Waals surface area contributed by atoms with Gasteiger partial charge in [-0.15, -0.1) is 0 Å². The molecule has 1 aromatic heterocycles. The number of aromatic nitrogens is 1. The number of nitrogens with zero attached hydrogens (tertiary/aromatic N) is 1. The predicted octanol–water partition coefficient (Wildman–Crippen LogP) is 3.60. The maximum absolute atomic E-state index is 12.0. The molecule has 1 aromatic carbocycles. The molecule has 0 spiro atoms. The molecular weight excluding hydrogens is 266 g/mol. The second-order valence-corrected chi connectivity index (χ2v) is 6.04. The Balaban J connectivity index is 2.00. The Bertz CT molecular complexity index is 626. The van der Waals surface area contributed by atoms with Gasteiger partial charge in [0.2, 0.25) is 0 Å². The van der Waals surface area contributed by atoms with Crippen LogP contribution in [0.15, 0.2) is 34.9 Å². The van der Waals surface area contributed by atoms with Crippen LogP contribution in [-0.2, 0) is 12.0 Å². The van der Waals surface area contributed by atoms with Crippen molar-refractivity contribution in [3.63, 3.8) is 0 Å². The van der Waals surface area contributed by atoms with E-state index in [0.29, 0.717) is 12.3 Å². The van der Waals surface area contributed by atoms with Crippen molar-refractivity contribution < 1.29 is 9.32 Å². The van der Waals surface area contributed by atoms with E-state index < -0.39 is 0 Å². The highest BCUT2D eigenvalue weighted by Gasteiger charge is 2.18. The standard InChI is InChI=1S/C16H21N3O2/c1-11-9-12(21-19-11)10-17-15(20)18-14-8-6-5-7-13(14)16(2,3)4/h5-9H,10H2,1-4H3,(H2,17,18,20). The first-order chi connectivity index (χ1) is 9.86. The number of aryl methyl sites for hydroxylation is 1. The Kier molecular flexibility index (Phi) is 4.31. The molecule has 2 rings (SSSR count). The molecule has 2 N–H and O–H groups in total. The molecule has 0 aliphatic rings. The van der Waals surface area contributed by atoms with Gasteiger partial charge in [0.05, 0.1) is 12.2 Å². The Hall–Kier alpha value is -2.30. The van der Waals surface area contributed by atoms with Gasteiger partial charge in [-0.05, 0) is 24.0 Å². The van der Waals surface area contributed by atoms with Crippen molar-refractivity contribution in [3.05, 3.63) is 47.3 Å². The fourth-order valence-electron chi connectivity index (χ4n) is 2.08. The van der Waals surface area contributed by atoms with E-state index in [1.165, 1.54) is 0 Å². The van der Waals surface area contributed by atoms with Crippen molar-refractivity contribution >= 4 is 11.7 Å². The number of para-hydroxylation sites is 1. The van der Waals surface area contributed by atoms with Crippen LogP contribution in [-0.4, -0.2) is 11.2 Å². The number of amides is 2. The van der Waals surface area contributed by atoms with Crippen molar-refractivity contribution in [1.82, 2.24) is 10.5 Å². The van der Waals surface area contributed by atoms with Gasteiger partial charge in [-0.25, -0.2) is 4.79 Å². The number of nitrogens with one attached hydrogen (secondary N) is 2. The van der Waals surface area contributed by atoms with Crippen LogP contribution in [0.1, 0.15) is 37.8 Å². The molecular formula is C16H21N3O2. The van der Waals surface area contributed by atoms with Crippen molar-refractivity contribution in [2.45, 2.75) is 39.7 Å². The number of hydrogen-bond donors (Lipinski definition) is 2. The summed E-state index contributed by atoms with van der Waals surface area (Å²) in [5.41, 5.74) is 2.67. The molecule has 0 atom stereocenters. The van der Waals surface area contributed by atoms with E-state index in [1.54, 1.807) is 6.07 Å². The monoisotopic (exact) mass is 287 g/mol. The lowest BCUT2D eigenvalue weighted by Crippen LogP contribution is -2.29. The summed E-state index contributed by atoms with van der Waals surface area (Å²) in [6, 6.07) is 9.34. The third-order valence-corrected chi connectivity index (χ3v) is 3.08. The van der Waals surface area contributed by atoms with Crippen LogP contribution >= 0.6 is 0 Å². The second-order valence-electron chi connectivity index (χ2n) is 6.04. The molecule has 21 heavy (non-hydrogen) atoms. The zero-order valence-corrected chi connectivity index (χ0v) is 12.9. The van der Waals surface area contributed by atoms with Crippen molar-refractivity contribution in [2.24, 2.45) is 0 Å². The Morgan fingerprint density at radius 2 is 2.00 bits per heavy atom. The number of anilines is 1. The summed E-state index contributed by atoms with van der Waals surface area (Å²) in [5.74, 6) is 0.631. The van der Waals surface area contributed by atoms with E-state index >= 15 is 0 Å². The highest BCUT2D eigenvalue weighted by molar-refractivity contribution is 5.90. The summed E-state index contributed by atoms with van der Waals surface area (Å²) in [6.45, 7) is 8.49. The molecule has 5 heteroatoms. The lowest BCUT2D eigenvalue weighted by molar-refractivity contribution is 0.250. The van der Waals surface area contributed by atoms with Crippen molar-refractivity contribution in [2.75, 3.05) is 5.32 Å². The van der Waals surface area contributed by atoms with E-state index in [9.17, 15) is 4.79 Å². The van der Waals surface area contributed by atoms with Crippen molar-refractivity contribution in [1.29, 1.82) is 0 Å². The van der Waals surface area contributed by atoms with Crippen LogP contribution in [0.5, 0.6) is 0 Å². The van der Waals surface area contributed by atoms with Gasteiger partial charge in [0.1, 0.15) is 0 Å². The molecule has 112 valence electrons. The quantitative estimate of drug-likeness (QED) is 0.906. The van der Waals surface area contributed by atoms with Gasteiger partial charge in [-0.2, -0.15) is 0 Å². The molecule has 0 fully saturated rings. The highest BCUT2D eigenvalue weighted by atomic mass is 16.5. The molecule has 0 radical (unpaired) electrons. The third kappa shape index (κ3) is 4.08. The maximum Gasteiger partial charge on any atom is 0.319 e. The molecule has 0 bridgehead atoms. The topological polar surface area (TPSA) is 67.2 Å². The summed E-state index contributed by atoms with van der Waals surface area (Å²) in [7, 11) is 0. The summed E-state index contributed by atoms with van der Waals surface area (Å²) >= 11 is 0. The molecule has 0 saturated carbocycles. The number of carbonyl (C=O) groups excluding carboxylic acids is 1. The van der Waals surface area contributed by atoms with E-state index in [-0.39, 0.29) is 11.4 Å². The zero-order chi connectivity index (χ0) is 15.5. The van der Waals surface area contributed by atoms with E-state index in [4.69, 9.17) is 4.52 Å². The Morgan fingerprint density at radius 1 is 1.29 bits per heavy atom. The van der Waals surface area contributed by atoms with E-state index in [2.05, 4.69) is 36.6 Å². The van der Waals surface area contributed by atoms with Gasteiger partial charge >= 0.3 is 6.03 Å². The van der Waals surface area contributed by atoms with Crippen LogP contribution in [0, 0.1) is 6.92 Å². The van der Waals surface area contributed by atoms with Crippen LogP contribution in [0.3, 0.4) is 0 Å². The van der Waals surface area contributed by atoms with Crippen LogP contribution in [0.4, 0.5) is 10.5 Å². The summed E-state index contributed by atoms with van der Waals surface area (Å²) < 4.78 is 5.05. The first-order valence-corrected chi connectivity index (χ1v) is 6.93. The van der Waals surface area contributed by atoms with Gasteiger partial charge < -0.3 is 15.2 Å². The summed E-state index contributed by atoms with van der Waals surface area (Å²) in [5, 5.41) is 9.42. The molecule has 1 heterocycles. The van der Waals surface area contributed by atoms with Gasteiger partial charge in [0, 0.05) is 11.8 Å². The maximum atomic E-state index is 12.0. The zero-order valence-electron chi connectivity index (χ0n) is 12.9. The molecule has 5 nitrogen and oxygen atoms in total. The number of hydrogen-bond acceptors (Lipinski definition) is 3. The Labute approximate surface area is 124 Å². The van der Waals surface area contributed by atoms with E-state index in [1.807, 2.05) is 31.2 Å².